The number of nitrogens with zero attached hydrogens (tertiary/aromatic N) is 1. The molecule has 2 heterocycles. The summed E-state index contributed by atoms with van der Waals surface area (Å²) in [6, 6.07) is 0. The molecule has 0 unspecified atom stereocenters. The summed E-state index contributed by atoms with van der Waals surface area (Å²) in [5, 5.41) is 7.02. The van der Waals surface area contributed by atoms with Gasteiger partial charge >= 0.3 is 0 Å². The minimum absolute atomic E-state index is 0.0505. The standard InChI is InChI=1S/C14H20N2O2/c1-13(2)10-4-5-11(17)15-8-14(10,3)6-9-7-16-18-12(9)13/h7,10H,4-6,8H2,1-3H3,(H,15,17)/t10-,14+/m1/s1. The van der Waals surface area contributed by atoms with Crippen LogP contribution in [0.2, 0.25) is 0 Å². The van der Waals surface area contributed by atoms with Crippen molar-refractivity contribution in [1.82, 2.24) is 10.5 Å². The first-order valence-electron chi connectivity index (χ1n) is 6.64. The van der Waals surface area contributed by atoms with Gasteiger partial charge in [-0.3, -0.25) is 4.79 Å². The van der Waals surface area contributed by atoms with Gasteiger partial charge in [0.1, 0.15) is 5.76 Å². The predicted octanol–water partition coefficient (Wildman–Crippen LogP) is 2.04. The van der Waals surface area contributed by atoms with E-state index in [1.54, 1.807) is 0 Å². The van der Waals surface area contributed by atoms with Crippen LogP contribution in [0.3, 0.4) is 0 Å². The molecule has 1 aliphatic heterocycles. The zero-order valence-corrected chi connectivity index (χ0v) is 11.2. The van der Waals surface area contributed by atoms with Crippen LogP contribution in [0.5, 0.6) is 0 Å². The lowest BCUT2D eigenvalue weighted by Gasteiger charge is -2.48. The van der Waals surface area contributed by atoms with Crippen LogP contribution in [0.1, 0.15) is 44.9 Å². The summed E-state index contributed by atoms with van der Waals surface area (Å²) in [6.45, 7) is 7.47. The molecule has 1 aromatic rings. The molecule has 0 saturated carbocycles. The van der Waals surface area contributed by atoms with E-state index in [1.165, 1.54) is 5.56 Å². The van der Waals surface area contributed by atoms with Crippen LogP contribution in [-0.4, -0.2) is 17.6 Å². The molecule has 98 valence electrons. The van der Waals surface area contributed by atoms with Gasteiger partial charge in [0.25, 0.3) is 0 Å². The van der Waals surface area contributed by atoms with Crippen LogP contribution in [0, 0.1) is 11.3 Å². The second-order valence-corrected chi connectivity index (χ2v) is 6.60. The molecule has 18 heavy (non-hydrogen) atoms. The summed E-state index contributed by atoms with van der Waals surface area (Å²) in [5.41, 5.74) is 1.26. The number of aromatic nitrogens is 1. The SMILES string of the molecule is CC1(C)c2oncc2C[C@@]2(C)CNC(=O)CC[C@H]12. The number of carbonyl (C=O) groups excluding carboxylic acids is 1. The lowest BCUT2D eigenvalue weighted by Crippen LogP contribution is -2.49. The lowest BCUT2D eigenvalue weighted by molar-refractivity contribution is -0.120. The van der Waals surface area contributed by atoms with Crippen molar-refractivity contribution in [1.29, 1.82) is 0 Å². The summed E-state index contributed by atoms with van der Waals surface area (Å²) < 4.78 is 5.48. The number of carbonyl (C=O) groups is 1. The van der Waals surface area contributed by atoms with E-state index in [9.17, 15) is 4.79 Å². The fraction of sp³-hybridized carbons (Fsp3) is 0.714. The summed E-state index contributed by atoms with van der Waals surface area (Å²) >= 11 is 0. The number of fused-ring (bicyclic) bond motifs is 2. The zero-order valence-electron chi connectivity index (χ0n) is 11.2. The number of hydrogen-bond acceptors (Lipinski definition) is 3. The summed E-state index contributed by atoms with van der Waals surface area (Å²) in [5.74, 6) is 1.64. The molecule has 1 aliphatic carbocycles. The molecule has 1 N–H and O–H groups in total. The van der Waals surface area contributed by atoms with Crippen molar-refractivity contribution >= 4 is 5.91 Å². The molecule has 2 aliphatic rings. The third kappa shape index (κ3) is 1.51. The molecule has 1 fully saturated rings. The van der Waals surface area contributed by atoms with E-state index in [-0.39, 0.29) is 16.7 Å². The maximum atomic E-state index is 11.6. The Kier molecular flexibility index (Phi) is 2.34. The van der Waals surface area contributed by atoms with Crippen molar-refractivity contribution in [3.8, 4) is 0 Å². The molecule has 0 bridgehead atoms. The fourth-order valence-electron chi connectivity index (χ4n) is 4.06. The topological polar surface area (TPSA) is 55.1 Å². The molecular formula is C14H20N2O2. The van der Waals surface area contributed by atoms with Crippen molar-refractivity contribution in [2.24, 2.45) is 11.3 Å². The van der Waals surface area contributed by atoms with Crippen LogP contribution in [-0.2, 0) is 16.6 Å². The van der Waals surface area contributed by atoms with Gasteiger partial charge in [-0.05, 0) is 24.2 Å². The number of hydrogen-bond donors (Lipinski definition) is 1. The summed E-state index contributed by atoms with van der Waals surface area (Å²) in [6.07, 6.45) is 4.33. The van der Waals surface area contributed by atoms with Crippen molar-refractivity contribution in [2.45, 2.75) is 45.4 Å². The minimum Gasteiger partial charge on any atom is -0.361 e. The number of nitrogens with one attached hydrogen (secondary N) is 1. The smallest absolute Gasteiger partial charge is 0.220 e. The molecule has 1 saturated heterocycles. The Hall–Kier alpha value is -1.32. The third-order valence-corrected chi connectivity index (χ3v) is 4.89. The van der Waals surface area contributed by atoms with Gasteiger partial charge in [0.15, 0.2) is 0 Å². The second-order valence-electron chi connectivity index (χ2n) is 6.60. The lowest BCUT2D eigenvalue weighted by atomic mass is 9.55. The highest BCUT2D eigenvalue weighted by atomic mass is 16.5. The predicted molar refractivity (Wildman–Crippen MR) is 67.1 cm³/mol. The Bertz CT molecular complexity index is 492. The quantitative estimate of drug-likeness (QED) is 0.764. The average molecular weight is 248 g/mol. The van der Waals surface area contributed by atoms with Crippen LogP contribution in [0.25, 0.3) is 0 Å². The molecule has 3 rings (SSSR count). The molecular weight excluding hydrogens is 228 g/mol. The summed E-state index contributed by atoms with van der Waals surface area (Å²) in [4.78, 5) is 11.6. The first kappa shape index (κ1) is 11.8. The maximum Gasteiger partial charge on any atom is 0.220 e. The number of rotatable bonds is 0. The first-order chi connectivity index (χ1) is 8.43. The Labute approximate surface area is 107 Å². The van der Waals surface area contributed by atoms with Gasteiger partial charge in [0, 0.05) is 23.9 Å². The third-order valence-electron chi connectivity index (χ3n) is 4.89. The van der Waals surface area contributed by atoms with Crippen molar-refractivity contribution in [2.75, 3.05) is 6.54 Å². The Balaban J connectivity index is 2.08. The van der Waals surface area contributed by atoms with Crippen LogP contribution < -0.4 is 5.32 Å². The van der Waals surface area contributed by atoms with Crippen molar-refractivity contribution in [3.05, 3.63) is 17.5 Å². The van der Waals surface area contributed by atoms with E-state index in [0.29, 0.717) is 12.3 Å². The van der Waals surface area contributed by atoms with Gasteiger partial charge in [0.05, 0.1) is 6.20 Å². The van der Waals surface area contributed by atoms with Crippen LogP contribution in [0.15, 0.2) is 10.7 Å². The van der Waals surface area contributed by atoms with Crippen molar-refractivity contribution in [3.63, 3.8) is 0 Å². The monoisotopic (exact) mass is 248 g/mol. The summed E-state index contributed by atoms with van der Waals surface area (Å²) in [7, 11) is 0. The van der Waals surface area contributed by atoms with Crippen molar-refractivity contribution < 1.29 is 9.32 Å². The highest BCUT2D eigenvalue weighted by molar-refractivity contribution is 5.76. The second kappa shape index (κ2) is 3.59. The maximum absolute atomic E-state index is 11.6. The molecule has 0 aromatic carbocycles. The molecule has 4 heteroatoms. The molecule has 0 spiro atoms. The average Bonchev–Trinajstić information content (AvgIpc) is 2.68. The van der Waals surface area contributed by atoms with E-state index in [2.05, 4.69) is 31.2 Å². The van der Waals surface area contributed by atoms with Gasteiger partial charge in [-0.2, -0.15) is 0 Å². The molecule has 1 aromatic heterocycles. The van der Waals surface area contributed by atoms with E-state index < -0.39 is 0 Å². The van der Waals surface area contributed by atoms with Gasteiger partial charge in [-0.15, -0.1) is 0 Å². The Morgan fingerprint density at radius 3 is 3.00 bits per heavy atom. The number of amides is 1. The molecule has 0 radical (unpaired) electrons. The Morgan fingerprint density at radius 1 is 1.44 bits per heavy atom. The highest BCUT2D eigenvalue weighted by Crippen LogP contribution is 2.52. The van der Waals surface area contributed by atoms with Crippen LogP contribution in [0.4, 0.5) is 0 Å². The molecule has 2 atom stereocenters. The van der Waals surface area contributed by atoms with E-state index in [1.807, 2.05) is 6.20 Å². The fourth-order valence-corrected chi connectivity index (χ4v) is 4.06. The highest BCUT2D eigenvalue weighted by Gasteiger charge is 2.52. The van der Waals surface area contributed by atoms with Gasteiger partial charge in [-0.1, -0.05) is 25.9 Å². The van der Waals surface area contributed by atoms with E-state index in [4.69, 9.17) is 4.52 Å². The first-order valence-corrected chi connectivity index (χ1v) is 6.64. The largest absolute Gasteiger partial charge is 0.361 e. The zero-order chi connectivity index (χ0) is 13.0. The van der Waals surface area contributed by atoms with Gasteiger partial charge in [-0.25, -0.2) is 0 Å². The van der Waals surface area contributed by atoms with E-state index >= 15 is 0 Å². The minimum atomic E-state index is -0.0505. The Morgan fingerprint density at radius 2 is 2.22 bits per heavy atom. The molecule has 1 amide bonds. The molecule has 4 nitrogen and oxygen atoms in total. The van der Waals surface area contributed by atoms with E-state index in [0.717, 1.165) is 25.1 Å². The van der Waals surface area contributed by atoms with Gasteiger partial charge in [0.2, 0.25) is 5.91 Å². The van der Waals surface area contributed by atoms with Gasteiger partial charge < -0.3 is 9.84 Å². The van der Waals surface area contributed by atoms with Crippen LogP contribution >= 0.6 is 0 Å². The normalized spacial score (nSPS) is 34.2.